The molecule has 0 heterocycles. The van der Waals surface area contributed by atoms with Gasteiger partial charge in [-0.1, -0.05) is 37.0 Å². The summed E-state index contributed by atoms with van der Waals surface area (Å²) >= 11 is 11.7. The molecule has 0 radical (unpaired) electrons. The maximum atomic E-state index is 11.8. The Bertz CT molecular complexity index is 640. The number of carbonyl (C=O) groups excluding carboxylic acids is 3. The van der Waals surface area contributed by atoms with Crippen molar-refractivity contribution in [3.05, 3.63) is 28.2 Å². The molecule has 138 valence electrons. The molecule has 0 fully saturated rings. The highest BCUT2D eigenvalue weighted by molar-refractivity contribution is 6.35. The minimum atomic E-state index is -0.793. The Morgan fingerprint density at radius 3 is 2.44 bits per heavy atom. The number of nitrogens with two attached hydrogens (primary N) is 1. The van der Waals surface area contributed by atoms with E-state index in [-0.39, 0.29) is 24.1 Å². The molecule has 1 rings (SSSR count). The second-order valence-corrected chi connectivity index (χ2v) is 6.28. The van der Waals surface area contributed by atoms with E-state index in [1.807, 2.05) is 5.43 Å². The van der Waals surface area contributed by atoms with Crippen LogP contribution in [0.2, 0.25) is 10.0 Å². The smallest absolute Gasteiger partial charge is 0.258 e. The van der Waals surface area contributed by atoms with Crippen LogP contribution in [0.15, 0.2) is 18.2 Å². The van der Waals surface area contributed by atoms with Crippen molar-refractivity contribution >= 4 is 40.9 Å². The predicted molar refractivity (Wildman–Crippen MR) is 94.1 cm³/mol. The van der Waals surface area contributed by atoms with Crippen LogP contribution < -0.4 is 26.6 Å². The number of carbonyl (C=O) groups is 3. The summed E-state index contributed by atoms with van der Waals surface area (Å²) in [7, 11) is 0. The van der Waals surface area contributed by atoms with Gasteiger partial charge in [-0.15, -0.1) is 0 Å². The summed E-state index contributed by atoms with van der Waals surface area (Å²) in [4.78, 5) is 35.1. The molecule has 0 bridgehead atoms. The van der Waals surface area contributed by atoms with Gasteiger partial charge in [0.25, 0.3) is 11.8 Å². The minimum absolute atomic E-state index is 0.168. The molecule has 10 heteroatoms. The Labute approximate surface area is 155 Å². The molecule has 0 aliphatic heterocycles. The average Bonchev–Trinajstić information content (AvgIpc) is 2.56. The zero-order chi connectivity index (χ0) is 19.0. The normalized spacial score (nSPS) is 11.6. The molecule has 0 saturated heterocycles. The van der Waals surface area contributed by atoms with E-state index in [1.54, 1.807) is 19.9 Å². The van der Waals surface area contributed by atoms with Crippen molar-refractivity contribution in [2.24, 2.45) is 11.8 Å². The van der Waals surface area contributed by atoms with E-state index in [0.717, 1.165) is 0 Å². The molecule has 0 aromatic heterocycles. The Morgan fingerprint density at radius 2 is 1.88 bits per heavy atom. The van der Waals surface area contributed by atoms with Gasteiger partial charge in [-0.25, -0.2) is 5.84 Å². The van der Waals surface area contributed by atoms with Crippen LogP contribution in [0, 0.1) is 5.92 Å². The third kappa shape index (κ3) is 7.16. The van der Waals surface area contributed by atoms with Gasteiger partial charge in [-0.05, 0) is 24.1 Å². The van der Waals surface area contributed by atoms with Crippen molar-refractivity contribution in [3.8, 4) is 5.75 Å². The average molecular weight is 391 g/mol. The van der Waals surface area contributed by atoms with Gasteiger partial charge in [0, 0.05) is 5.02 Å². The van der Waals surface area contributed by atoms with E-state index >= 15 is 0 Å². The van der Waals surface area contributed by atoms with E-state index in [0.29, 0.717) is 10.8 Å². The highest BCUT2D eigenvalue weighted by atomic mass is 35.5. The lowest BCUT2D eigenvalue weighted by molar-refractivity contribution is -0.131. The SMILES string of the molecule is CC(C)C(NC(=O)CNC(=O)COc1ccc(Cl)cc1Cl)C(=O)NN. The molecule has 1 aromatic carbocycles. The molecule has 1 aromatic rings. The predicted octanol–water partition coefficient (Wildman–Crippen LogP) is 0.619. The highest BCUT2D eigenvalue weighted by Gasteiger charge is 2.23. The van der Waals surface area contributed by atoms with E-state index in [1.165, 1.54) is 12.1 Å². The van der Waals surface area contributed by atoms with Crippen LogP contribution >= 0.6 is 23.2 Å². The summed E-state index contributed by atoms with van der Waals surface area (Å²) in [6.45, 7) is 2.87. The fourth-order valence-corrected chi connectivity index (χ4v) is 2.28. The molecule has 5 N–H and O–H groups in total. The van der Waals surface area contributed by atoms with E-state index < -0.39 is 23.8 Å². The first-order valence-electron chi connectivity index (χ1n) is 7.39. The highest BCUT2D eigenvalue weighted by Crippen LogP contribution is 2.27. The second-order valence-electron chi connectivity index (χ2n) is 5.44. The topological polar surface area (TPSA) is 123 Å². The van der Waals surface area contributed by atoms with Crippen molar-refractivity contribution < 1.29 is 19.1 Å². The number of ether oxygens (including phenoxy) is 1. The van der Waals surface area contributed by atoms with Crippen molar-refractivity contribution in [2.45, 2.75) is 19.9 Å². The van der Waals surface area contributed by atoms with Gasteiger partial charge in [-0.2, -0.15) is 0 Å². The monoisotopic (exact) mass is 390 g/mol. The van der Waals surface area contributed by atoms with E-state index in [4.69, 9.17) is 33.8 Å². The maximum Gasteiger partial charge on any atom is 0.258 e. The lowest BCUT2D eigenvalue weighted by atomic mass is 10.0. The zero-order valence-electron chi connectivity index (χ0n) is 13.8. The van der Waals surface area contributed by atoms with Crippen molar-refractivity contribution in [3.63, 3.8) is 0 Å². The molecule has 0 spiro atoms. The number of hydrazine groups is 1. The third-order valence-corrected chi connectivity index (χ3v) is 3.64. The van der Waals surface area contributed by atoms with Crippen LogP contribution in [0.3, 0.4) is 0 Å². The second kappa shape index (κ2) is 10.1. The largest absolute Gasteiger partial charge is 0.482 e. The molecular weight excluding hydrogens is 371 g/mol. The summed E-state index contributed by atoms with van der Waals surface area (Å²) in [5.74, 6) is 3.63. The summed E-state index contributed by atoms with van der Waals surface area (Å²) in [5.41, 5.74) is 1.98. The molecule has 25 heavy (non-hydrogen) atoms. The number of hydrogen-bond acceptors (Lipinski definition) is 5. The Balaban J connectivity index is 2.42. The van der Waals surface area contributed by atoms with Gasteiger partial charge in [0.05, 0.1) is 11.6 Å². The van der Waals surface area contributed by atoms with Gasteiger partial charge >= 0.3 is 0 Å². The summed E-state index contributed by atoms with van der Waals surface area (Å²) in [6, 6.07) is 3.79. The standard InChI is InChI=1S/C15H20Cl2N4O4/c1-8(2)14(15(24)21-18)20-12(22)6-19-13(23)7-25-11-4-3-9(16)5-10(11)17/h3-5,8,14H,6-7,18H2,1-2H3,(H,19,23)(H,20,22)(H,21,24). The fourth-order valence-electron chi connectivity index (χ4n) is 1.81. The number of hydrogen-bond donors (Lipinski definition) is 4. The van der Waals surface area contributed by atoms with Crippen LogP contribution in [-0.2, 0) is 14.4 Å². The molecule has 8 nitrogen and oxygen atoms in total. The summed E-state index contributed by atoms with van der Waals surface area (Å²) in [6.07, 6.45) is 0. The van der Waals surface area contributed by atoms with Crippen LogP contribution in [0.25, 0.3) is 0 Å². The van der Waals surface area contributed by atoms with Crippen molar-refractivity contribution in [1.82, 2.24) is 16.1 Å². The number of amides is 3. The quantitative estimate of drug-likeness (QED) is 0.294. The Kier molecular flexibility index (Phi) is 8.47. The van der Waals surface area contributed by atoms with Gasteiger partial charge in [0.1, 0.15) is 11.8 Å². The molecule has 3 amide bonds. The molecule has 0 aliphatic carbocycles. The number of benzene rings is 1. The molecule has 1 atom stereocenters. The third-order valence-electron chi connectivity index (χ3n) is 3.11. The van der Waals surface area contributed by atoms with Crippen LogP contribution in [0.5, 0.6) is 5.75 Å². The fraction of sp³-hybridized carbons (Fsp3) is 0.400. The Morgan fingerprint density at radius 1 is 1.20 bits per heavy atom. The number of rotatable bonds is 8. The van der Waals surface area contributed by atoms with Crippen LogP contribution in [0.4, 0.5) is 0 Å². The van der Waals surface area contributed by atoms with E-state index in [2.05, 4.69) is 10.6 Å². The summed E-state index contributed by atoms with van der Waals surface area (Å²) in [5, 5.41) is 5.58. The molecule has 0 aliphatic rings. The van der Waals surface area contributed by atoms with Crippen molar-refractivity contribution in [2.75, 3.05) is 13.2 Å². The van der Waals surface area contributed by atoms with Gasteiger partial charge in [-0.3, -0.25) is 19.8 Å². The van der Waals surface area contributed by atoms with Crippen LogP contribution in [-0.4, -0.2) is 36.9 Å². The maximum absolute atomic E-state index is 11.8. The van der Waals surface area contributed by atoms with Gasteiger partial charge in [0.15, 0.2) is 6.61 Å². The lowest BCUT2D eigenvalue weighted by Crippen LogP contribution is -2.53. The lowest BCUT2D eigenvalue weighted by Gasteiger charge is -2.20. The first-order chi connectivity index (χ1) is 11.7. The molecule has 1 unspecified atom stereocenters. The molecule has 0 saturated carbocycles. The molecular formula is C15H20Cl2N4O4. The van der Waals surface area contributed by atoms with E-state index in [9.17, 15) is 14.4 Å². The van der Waals surface area contributed by atoms with Gasteiger partial charge in [0.2, 0.25) is 5.91 Å². The van der Waals surface area contributed by atoms with Gasteiger partial charge < -0.3 is 15.4 Å². The number of halogens is 2. The Hall–Kier alpha value is -2.03. The number of nitrogens with one attached hydrogen (secondary N) is 3. The first-order valence-corrected chi connectivity index (χ1v) is 8.14. The minimum Gasteiger partial charge on any atom is -0.482 e. The first kappa shape index (κ1) is 21.0. The zero-order valence-corrected chi connectivity index (χ0v) is 15.3. The van der Waals surface area contributed by atoms with Crippen LogP contribution in [0.1, 0.15) is 13.8 Å². The summed E-state index contributed by atoms with van der Waals surface area (Å²) < 4.78 is 5.25. The van der Waals surface area contributed by atoms with Crippen molar-refractivity contribution in [1.29, 1.82) is 0 Å².